The van der Waals surface area contributed by atoms with Crippen LogP contribution >= 0.6 is 11.8 Å². The third-order valence-electron chi connectivity index (χ3n) is 2.61. The second-order valence-corrected chi connectivity index (χ2v) is 7.07. The molecule has 0 aromatic carbocycles. The second kappa shape index (κ2) is 9.91. The van der Waals surface area contributed by atoms with Crippen LogP contribution < -0.4 is 16.0 Å². The van der Waals surface area contributed by atoms with E-state index in [0.29, 0.717) is 13.0 Å². The fraction of sp³-hybridized carbons (Fsp3) is 0.857. The molecule has 6 heteroatoms. The van der Waals surface area contributed by atoms with Gasteiger partial charge >= 0.3 is 0 Å². The van der Waals surface area contributed by atoms with Gasteiger partial charge in [0.1, 0.15) is 0 Å². The lowest BCUT2D eigenvalue weighted by Gasteiger charge is -2.20. The predicted molar refractivity (Wildman–Crippen MR) is 89.5 cm³/mol. The molecule has 0 saturated carbocycles. The summed E-state index contributed by atoms with van der Waals surface area (Å²) in [6.45, 7) is 12.4. The molecule has 0 atom stereocenters. The molecule has 0 saturated heterocycles. The van der Waals surface area contributed by atoms with Crippen LogP contribution in [0.15, 0.2) is 4.99 Å². The zero-order valence-electron chi connectivity index (χ0n) is 13.7. The van der Waals surface area contributed by atoms with Crippen LogP contribution in [-0.4, -0.2) is 48.5 Å². The van der Waals surface area contributed by atoms with Crippen molar-refractivity contribution in [1.82, 2.24) is 16.0 Å². The fourth-order valence-corrected chi connectivity index (χ4v) is 1.56. The number of nitrogens with zero attached hydrogens (tertiary/aromatic N) is 1. The molecule has 0 rings (SSSR count). The summed E-state index contributed by atoms with van der Waals surface area (Å²) >= 11 is 1.80. The van der Waals surface area contributed by atoms with Crippen LogP contribution in [0, 0.1) is 0 Å². The standard InChI is InChI=1S/C14H30N4OS/c1-7-15-13(17-10-14(4,5)20-6)16-9-8-12(19)18-11(2)3/h11H,7-10H2,1-6H3,(H,18,19)(H2,15,16,17). The molecule has 0 aromatic heterocycles. The topological polar surface area (TPSA) is 65.5 Å². The Morgan fingerprint density at radius 1 is 1.30 bits per heavy atom. The minimum absolute atomic E-state index is 0.0628. The summed E-state index contributed by atoms with van der Waals surface area (Å²) < 4.78 is 0.122. The Hall–Kier alpha value is -0.910. The molecule has 5 nitrogen and oxygen atoms in total. The number of aliphatic imine (C=N–C) groups is 1. The number of hydrogen-bond donors (Lipinski definition) is 3. The maximum Gasteiger partial charge on any atom is 0.221 e. The van der Waals surface area contributed by atoms with E-state index >= 15 is 0 Å². The molecule has 118 valence electrons. The van der Waals surface area contributed by atoms with Crippen molar-refractivity contribution in [2.24, 2.45) is 4.99 Å². The van der Waals surface area contributed by atoms with Gasteiger partial charge in [-0.15, -0.1) is 0 Å². The van der Waals surface area contributed by atoms with Gasteiger partial charge in [-0.2, -0.15) is 11.8 Å². The normalized spacial score (nSPS) is 12.4. The average Bonchev–Trinajstić information content (AvgIpc) is 2.35. The van der Waals surface area contributed by atoms with Gasteiger partial charge in [-0.05, 0) is 40.9 Å². The Morgan fingerprint density at radius 3 is 2.45 bits per heavy atom. The van der Waals surface area contributed by atoms with Gasteiger partial charge < -0.3 is 16.0 Å². The molecule has 0 fully saturated rings. The van der Waals surface area contributed by atoms with Gasteiger partial charge in [0.15, 0.2) is 5.96 Å². The highest BCUT2D eigenvalue weighted by molar-refractivity contribution is 7.99. The van der Waals surface area contributed by atoms with Gasteiger partial charge in [-0.25, -0.2) is 0 Å². The number of amides is 1. The zero-order chi connectivity index (χ0) is 15.6. The monoisotopic (exact) mass is 302 g/mol. The third kappa shape index (κ3) is 9.95. The van der Waals surface area contributed by atoms with Crippen molar-refractivity contribution in [2.75, 3.05) is 25.9 Å². The number of hydrogen-bond acceptors (Lipinski definition) is 3. The second-order valence-electron chi connectivity index (χ2n) is 5.56. The summed E-state index contributed by atoms with van der Waals surface area (Å²) in [5.74, 6) is 0.833. The van der Waals surface area contributed by atoms with Crippen molar-refractivity contribution < 1.29 is 4.79 Å². The predicted octanol–water partition coefficient (Wildman–Crippen LogP) is 1.60. The molecular formula is C14H30N4OS. The lowest BCUT2D eigenvalue weighted by atomic mass is 10.2. The summed E-state index contributed by atoms with van der Waals surface area (Å²) in [5, 5.41) is 9.25. The maximum absolute atomic E-state index is 11.5. The minimum Gasteiger partial charge on any atom is -0.357 e. The van der Waals surface area contributed by atoms with Crippen molar-refractivity contribution in [1.29, 1.82) is 0 Å². The lowest BCUT2D eigenvalue weighted by Crippen LogP contribution is -2.40. The van der Waals surface area contributed by atoms with Crippen molar-refractivity contribution in [3.8, 4) is 0 Å². The van der Waals surface area contributed by atoms with Gasteiger partial charge in [0.25, 0.3) is 0 Å². The van der Waals surface area contributed by atoms with Crippen LogP contribution in [-0.2, 0) is 4.79 Å². The van der Waals surface area contributed by atoms with E-state index in [1.807, 2.05) is 20.8 Å². The van der Waals surface area contributed by atoms with Crippen molar-refractivity contribution in [3.05, 3.63) is 0 Å². The highest BCUT2D eigenvalue weighted by Gasteiger charge is 2.15. The van der Waals surface area contributed by atoms with Crippen LogP contribution in [0.25, 0.3) is 0 Å². The molecule has 0 aliphatic rings. The van der Waals surface area contributed by atoms with Crippen molar-refractivity contribution in [2.45, 2.75) is 51.8 Å². The molecule has 0 aromatic rings. The van der Waals surface area contributed by atoms with E-state index < -0.39 is 0 Å². The molecule has 0 aliphatic heterocycles. The van der Waals surface area contributed by atoms with Gasteiger partial charge in [0.05, 0.1) is 6.54 Å². The van der Waals surface area contributed by atoms with E-state index in [1.165, 1.54) is 0 Å². The van der Waals surface area contributed by atoms with Crippen LogP contribution in [0.5, 0.6) is 0 Å². The number of carbonyl (C=O) groups excluding carboxylic acids is 1. The first-order valence-corrected chi connectivity index (χ1v) is 8.40. The molecule has 0 radical (unpaired) electrons. The van der Waals surface area contributed by atoms with E-state index in [2.05, 4.69) is 41.0 Å². The Morgan fingerprint density at radius 2 is 1.95 bits per heavy atom. The number of rotatable bonds is 8. The van der Waals surface area contributed by atoms with E-state index in [-0.39, 0.29) is 16.7 Å². The molecule has 0 unspecified atom stereocenters. The van der Waals surface area contributed by atoms with Crippen molar-refractivity contribution in [3.63, 3.8) is 0 Å². The molecule has 0 bridgehead atoms. The average molecular weight is 302 g/mol. The number of nitrogens with one attached hydrogen (secondary N) is 3. The Labute approximate surface area is 127 Å². The van der Waals surface area contributed by atoms with Gasteiger partial charge in [-0.3, -0.25) is 9.79 Å². The number of guanidine groups is 1. The van der Waals surface area contributed by atoms with Crippen LogP contribution in [0.1, 0.15) is 41.0 Å². The smallest absolute Gasteiger partial charge is 0.221 e. The fourth-order valence-electron chi connectivity index (χ4n) is 1.36. The molecule has 0 spiro atoms. The van der Waals surface area contributed by atoms with Crippen LogP contribution in [0.4, 0.5) is 0 Å². The highest BCUT2D eigenvalue weighted by Crippen LogP contribution is 2.20. The first kappa shape index (κ1) is 19.1. The molecule has 0 aliphatic carbocycles. The van der Waals surface area contributed by atoms with Gasteiger partial charge in [0.2, 0.25) is 5.91 Å². The Balaban J connectivity index is 4.21. The molecule has 3 N–H and O–H groups in total. The summed E-state index contributed by atoms with van der Waals surface area (Å²) in [6, 6.07) is 0.187. The first-order chi connectivity index (χ1) is 9.30. The molecule has 20 heavy (non-hydrogen) atoms. The van der Waals surface area contributed by atoms with Crippen LogP contribution in [0.3, 0.4) is 0 Å². The minimum atomic E-state index is 0.0628. The van der Waals surface area contributed by atoms with E-state index in [1.54, 1.807) is 11.8 Å². The van der Waals surface area contributed by atoms with E-state index in [4.69, 9.17) is 0 Å². The largest absolute Gasteiger partial charge is 0.357 e. The number of thioether (sulfide) groups is 1. The molecule has 0 heterocycles. The highest BCUT2D eigenvalue weighted by atomic mass is 32.2. The maximum atomic E-state index is 11.5. The summed E-state index contributed by atoms with van der Waals surface area (Å²) in [4.78, 5) is 16.1. The Kier molecular flexibility index (Phi) is 9.46. The molecular weight excluding hydrogens is 272 g/mol. The summed E-state index contributed by atoms with van der Waals surface area (Å²) in [5.41, 5.74) is 0. The quantitative estimate of drug-likeness (QED) is 0.471. The third-order valence-corrected chi connectivity index (χ3v) is 3.84. The van der Waals surface area contributed by atoms with Crippen molar-refractivity contribution >= 4 is 23.6 Å². The summed E-state index contributed by atoms with van der Waals surface area (Å²) in [6.07, 6.45) is 2.54. The number of carbonyl (C=O) groups is 1. The van der Waals surface area contributed by atoms with Gasteiger partial charge in [-0.1, -0.05) is 0 Å². The zero-order valence-corrected chi connectivity index (χ0v) is 14.5. The lowest BCUT2D eigenvalue weighted by molar-refractivity contribution is -0.121. The van der Waals surface area contributed by atoms with Gasteiger partial charge in [0, 0.05) is 30.3 Å². The summed E-state index contributed by atoms with van der Waals surface area (Å²) in [7, 11) is 0. The van der Waals surface area contributed by atoms with E-state index in [9.17, 15) is 4.79 Å². The SMILES string of the molecule is CCNC(=NCC(C)(C)SC)NCCC(=O)NC(C)C. The van der Waals surface area contributed by atoms with E-state index in [0.717, 1.165) is 19.0 Å². The van der Waals surface area contributed by atoms with Crippen LogP contribution in [0.2, 0.25) is 0 Å². The Bertz CT molecular complexity index is 316. The first-order valence-electron chi connectivity index (χ1n) is 7.17. The molecule has 1 amide bonds.